The highest BCUT2D eigenvalue weighted by molar-refractivity contribution is 7.99. The molecule has 110 valence electrons. The SMILES string of the molecule is O=[N+]([O-])c1ccccc1Sc1nnc(-c2ccc(Cl)cc2)o1. The molecule has 3 rings (SSSR count). The average Bonchev–Trinajstić information content (AvgIpc) is 2.97. The lowest BCUT2D eigenvalue weighted by molar-refractivity contribution is -0.387. The molecule has 0 spiro atoms. The van der Waals surface area contributed by atoms with Crippen LogP contribution in [0.3, 0.4) is 0 Å². The highest BCUT2D eigenvalue weighted by Crippen LogP contribution is 2.34. The zero-order valence-corrected chi connectivity index (χ0v) is 12.5. The van der Waals surface area contributed by atoms with Crippen molar-refractivity contribution in [3.8, 4) is 11.5 Å². The monoisotopic (exact) mass is 333 g/mol. The zero-order valence-electron chi connectivity index (χ0n) is 11.0. The summed E-state index contributed by atoms with van der Waals surface area (Å²) in [6.07, 6.45) is 0. The summed E-state index contributed by atoms with van der Waals surface area (Å²) in [6.45, 7) is 0. The Morgan fingerprint density at radius 2 is 1.82 bits per heavy atom. The van der Waals surface area contributed by atoms with Gasteiger partial charge in [-0.2, -0.15) is 0 Å². The first-order valence-electron chi connectivity index (χ1n) is 6.14. The number of hydrogen-bond acceptors (Lipinski definition) is 6. The van der Waals surface area contributed by atoms with Crippen molar-refractivity contribution < 1.29 is 9.34 Å². The number of nitro benzene ring substituents is 1. The molecule has 0 aliphatic heterocycles. The van der Waals surface area contributed by atoms with Crippen LogP contribution in [0, 0.1) is 10.1 Å². The molecule has 3 aromatic rings. The molecule has 1 heterocycles. The lowest BCUT2D eigenvalue weighted by atomic mass is 10.2. The molecule has 0 bridgehead atoms. The van der Waals surface area contributed by atoms with Crippen LogP contribution in [-0.2, 0) is 0 Å². The second-order valence-electron chi connectivity index (χ2n) is 4.21. The Bertz CT molecular complexity index is 820. The van der Waals surface area contributed by atoms with E-state index in [1.165, 1.54) is 6.07 Å². The summed E-state index contributed by atoms with van der Waals surface area (Å²) in [7, 11) is 0. The molecule has 8 heteroatoms. The van der Waals surface area contributed by atoms with E-state index in [-0.39, 0.29) is 10.9 Å². The number of aromatic nitrogens is 2. The van der Waals surface area contributed by atoms with Gasteiger partial charge in [-0.1, -0.05) is 23.7 Å². The van der Waals surface area contributed by atoms with Crippen LogP contribution >= 0.6 is 23.4 Å². The maximum absolute atomic E-state index is 11.0. The highest BCUT2D eigenvalue weighted by Gasteiger charge is 2.17. The first-order chi connectivity index (χ1) is 10.6. The predicted molar refractivity (Wildman–Crippen MR) is 82.0 cm³/mol. The minimum absolute atomic E-state index is 0.00116. The fraction of sp³-hybridized carbons (Fsp3) is 0. The van der Waals surface area contributed by atoms with Gasteiger partial charge < -0.3 is 4.42 Å². The molecule has 6 nitrogen and oxygen atoms in total. The summed E-state index contributed by atoms with van der Waals surface area (Å²) >= 11 is 6.88. The number of para-hydroxylation sites is 1. The van der Waals surface area contributed by atoms with Crippen LogP contribution in [0.4, 0.5) is 5.69 Å². The predicted octanol–water partition coefficient (Wildman–Crippen LogP) is 4.45. The minimum Gasteiger partial charge on any atom is -0.411 e. The molecule has 0 atom stereocenters. The van der Waals surface area contributed by atoms with E-state index in [0.29, 0.717) is 15.8 Å². The van der Waals surface area contributed by atoms with Gasteiger partial charge in [0.05, 0.1) is 9.82 Å². The first kappa shape index (κ1) is 14.6. The molecule has 0 aliphatic carbocycles. The van der Waals surface area contributed by atoms with Crippen LogP contribution in [0.2, 0.25) is 5.02 Å². The van der Waals surface area contributed by atoms with Crippen LogP contribution in [0.5, 0.6) is 0 Å². The molecule has 0 saturated carbocycles. The van der Waals surface area contributed by atoms with Crippen LogP contribution in [0.1, 0.15) is 0 Å². The fourth-order valence-corrected chi connectivity index (χ4v) is 2.66. The molecule has 0 amide bonds. The molecule has 22 heavy (non-hydrogen) atoms. The Kier molecular flexibility index (Phi) is 4.08. The van der Waals surface area contributed by atoms with Crippen LogP contribution in [-0.4, -0.2) is 15.1 Å². The van der Waals surface area contributed by atoms with Gasteiger partial charge in [-0.25, -0.2) is 0 Å². The third-order valence-electron chi connectivity index (χ3n) is 2.76. The van der Waals surface area contributed by atoms with E-state index in [4.69, 9.17) is 16.0 Å². The van der Waals surface area contributed by atoms with Crippen LogP contribution in [0.25, 0.3) is 11.5 Å². The summed E-state index contributed by atoms with van der Waals surface area (Å²) in [6, 6.07) is 13.3. The van der Waals surface area contributed by atoms with Crippen molar-refractivity contribution in [2.24, 2.45) is 0 Å². The number of nitro groups is 1. The molecule has 0 radical (unpaired) electrons. The molecule has 1 aromatic heterocycles. The van der Waals surface area contributed by atoms with E-state index in [0.717, 1.165) is 17.3 Å². The summed E-state index contributed by atoms with van der Waals surface area (Å²) in [5.74, 6) is 0.331. The topological polar surface area (TPSA) is 82.1 Å². The smallest absolute Gasteiger partial charge is 0.283 e. The highest BCUT2D eigenvalue weighted by atomic mass is 35.5. The van der Waals surface area contributed by atoms with Crippen molar-refractivity contribution in [1.29, 1.82) is 0 Å². The average molecular weight is 334 g/mol. The summed E-state index contributed by atoms with van der Waals surface area (Å²) in [5, 5.41) is 19.7. The number of rotatable bonds is 4. The van der Waals surface area contributed by atoms with Gasteiger partial charge in [-0.3, -0.25) is 10.1 Å². The minimum atomic E-state index is -0.446. The lowest BCUT2D eigenvalue weighted by Gasteiger charge is -1.98. The summed E-state index contributed by atoms with van der Waals surface area (Å²) in [4.78, 5) is 11.0. The molecular formula is C14H8ClN3O3S. The van der Waals surface area contributed by atoms with Crippen molar-refractivity contribution in [1.82, 2.24) is 10.2 Å². The van der Waals surface area contributed by atoms with Gasteiger partial charge in [0.1, 0.15) is 0 Å². The Hall–Kier alpha value is -2.38. The van der Waals surface area contributed by atoms with E-state index in [1.54, 1.807) is 42.5 Å². The second kappa shape index (κ2) is 6.17. The maximum atomic E-state index is 11.0. The van der Waals surface area contributed by atoms with Crippen molar-refractivity contribution in [2.75, 3.05) is 0 Å². The van der Waals surface area contributed by atoms with Gasteiger partial charge in [0.2, 0.25) is 5.89 Å². The Morgan fingerprint density at radius 3 is 2.55 bits per heavy atom. The molecule has 0 saturated heterocycles. The Morgan fingerprint density at radius 1 is 1.09 bits per heavy atom. The molecule has 0 N–H and O–H groups in total. The van der Waals surface area contributed by atoms with Crippen LogP contribution in [0.15, 0.2) is 63.1 Å². The number of nitrogens with zero attached hydrogens (tertiary/aromatic N) is 3. The molecular weight excluding hydrogens is 326 g/mol. The third-order valence-corrected chi connectivity index (χ3v) is 3.91. The van der Waals surface area contributed by atoms with Gasteiger partial charge in [0.25, 0.3) is 10.9 Å². The standard InChI is InChI=1S/C14H8ClN3O3S/c15-10-7-5-9(6-8-10)13-16-17-14(21-13)22-12-4-2-1-3-11(12)18(19)20/h1-8H. The van der Waals surface area contributed by atoms with E-state index in [9.17, 15) is 10.1 Å². The summed E-state index contributed by atoms with van der Waals surface area (Å²) < 4.78 is 5.52. The van der Waals surface area contributed by atoms with E-state index >= 15 is 0 Å². The number of hydrogen-bond donors (Lipinski definition) is 0. The van der Waals surface area contributed by atoms with E-state index in [2.05, 4.69) is 10.2 Å². The zero-order chi connectivity index (χ0) is 15.5. The fourth-order valence-electron chi connectivity index (χ4n) is 1.75. The van der Waals surface area contributed by atoms with Gasteiger partial charge in [-0.05, 0) is 42.1 Å². The van der Waals surface area contributed by atoms with Crippen molar-refractivity contribution in [3.63, 3.8) is 0 Å². The quantitative estimate of drug-likeness (QED) is 0.518. The Balaban J connectivity index is 1.86. The largest absolute Gasteiger partial charge is 0.411 e. The van der Waals surface area contributed by atoms with Gasteiger partial charge in [0.15, 0.2) is 0 Å². The third kappa shape index (κ3) is 3.10. The number of benzene rings is 2. The number of halogens is 1. The van der Waals surface area contributed by atoms with E-state index in [1.807, 2.05) is 0 Å². The second-order valence-corrected chi connectivity index (χ2v) is 5.64. The maximum Gasteiger partial charge on any atom is 0.283 e. The van der Waals surface area contributed by atoms with Crippen molar-refractivity contribution in [2.45, 2.75) is 10.1 Å². The molecule has 0 aliphatic rings. The Labute approximate surface area is 134 Å². The van der Waals surface area contributed by atoms with Crippen molar-refractivity contribution >= 4 is 29.1 Å². The normalized spacial score (nSPS) is 10.6. The van der Waals surface area contributed by atoms with Crippen LogP contribution < -0.4 is 0 Å². The van der Waals surface area contributed by atoms with Crippen molar-refractivity contribution in [3.05, 3.63) is 63.7 Å². The first-order valence-corrected chi connectivity index (χ1v) is 7.33. The van der Waals surface area contributed by atoms with Gasteiger partial charge in [0, 0.05) is 16.7 Å². The molecule has 0 unspecified atom stereocenters. The lowest BCUT2D eigenvalue weighted by Crippen LogP contribution is -1.89. The van der Waals surface area contributed by atoms with E-state index < -0.39 is 4.92 Å². The summed E-state index contributed by atoms with van der Waals surface area (Å²) in [5.41, 5.74) is 0.727. The van der Waals surface area contributed by atoms with Gasteiger partial charge >= 0.3 is 0 Å². The molecule has 2 aromatic carbocycles. The molecule has 0 fully saturated rings. The van der Waals surface area contributed by atoms with Gasteiger partial charge in [-0.15, -0.1) is 10.2 Å².